The molecule has 220 valence electrons. The zero-order valence-electron chi connectivity index (χ0n) is 21.9. The minimum absolute atomic E-state index is 0.127. The van der Waals surface area contributed by atoms with Gasteiger partial charge in [0.2, 0.25) is 0 Å². The zero-order chi connectivity index (χ0) is 29.8. The van der Waals surface area contributed by atoms with Crippen molar-refractivity contribution in [1.29, 1.82) is 0 Å². The smallest absolute Gasteiger partial charge is 0.252 e. The van der Waals surface area contributed by atoms with Crippen LogP contribution in [0, 0.1) is 0 Å². The summed E-state index contributed by atoms with van der Waals surface area (Å²) in [6.45, 7) is 0. The molecule has 5 aromatic rings. The van der Waals surface area contributed by atoms with Gasteiger partial charge in [0.05, 0.1) is 33.6 Å². The van der Waals surface area contributed by atoms with E-state index in [1.807, 2.05) is 0 Å². The molecular formula is C27H22Cl3F4N7O. The van der Waals surface area contributed by atoms with Crippen molar-refractivity contribution in [3.05, 3.63) is 62.5 Å². The Balaban J connectivity index is 0.000000168. The van der Waals surface area contributed by atoms with Crippen LogP contribution < -0.4 is 10.1 Å². The van der Waals surface area contributed by atoms with Crippen molar-refractivity contribution < 1.29 is 22.3 Å². The maximum atomic E-state index is 13.9. The predicted molar refractivity (Wildman–Crippen MR) is 153 cm³/mol. The van der Waals surface area contributed by atoms with Crippen molar-refractivity contribution >= 4 is 68.4 Å². The number of hydrogen-bond donors (Lipinski definition) is 3. The molecule has 0 unspecified atom stereocenters. The van der Waals surface area contributed by atoms with Crippen molar-refractivity contribution in [2.45, 2.75) is 50.4 Å². The molecule has 4 aromatic heterocycles. The quantitative estimate of drug-likeness (QED) is 0.137. The molecule has 42 heavy (non-hydrogen) atoms. The van der Waals surface area contributed by atoms with Crippen LogP contribution in [0.1, 0.15) is 35.4 Å². The van der Waals surface area contributed by atoms with Crippen molar-refractivity contribution in [2.75, 3.05) is 12.4 Å². The Bertz CT molecular complexity index is 1830. The number of H-pyrrole nitrogens is 2. The molecule has 0 fully saturated rings. The molecule has 0 saturated carbocycles. The van der Waals surface area contributed by atoms with Gasteiger partial charge in [-0.25, -0.2) is 37.5 Å². The number of aryl methyl sites for hydroxylation is 2. The number of hydrogen-bond acceptors (Lipinski definition) is 6. The summed E-state index contributed by atoms with van der Waals surface area (Å²) in [5.74, 6) is -4.53. The van der Waals surface area contributed by atoms with Gasteiger partial charge < -0.3 is 20.0 Å². The summed E-state index contributed by atoms with van der Waals surface area (Å²) in [5, 5.41) is 5.13. The normalized spacial score (nSPS) is 16.9. The van der Waals surface area contributed by atoms with Gasteiger partial charge in [0.25, 0.3) is 11.8 Å². The molecule has 0 radical (unpaired) electrons. The number of aromatic nitrogens is 6. The fourth-order valence-corrected chi connectivity index (χ4v) is 5.94. The number of nitrogens with zero attached hydrogens (tertiary/aromatic N) is 4. The third kappa shape index (κ3) is 5.43. The molecule has 1 aromatic carbocycles. The fourth-order valence-electron chi connectivity index (χ4n) is 5.38. The standard InChI is InChI=1S/C17H14Cl2F2N4O.C10H8ClF2N3/c1-26-13-5-10(19)9(18)4-12(13)25-16-14-8-6-17(20,21)3-2-11(8)24-15(14)22-7-23-16;11-8-7-5-3-10(12,13)2-1-6(5)16-9(7)15-4-14-8/h4-5,7H,2-3,6H2,1H3,(H2,22,23,24,25);4H,1-3H2,(H,14,15,16). The molecule has 15 heteroatoms. The number of ether oxygens (including phenoxy) is 1. The highest BCUT2D eigenvalue weighted by molar-refractivity contribution is 6.42. The lowest BCUT2D eigenvalue weighted by Crippen LogP contribution is -2.25. The average Bonchev–Trinajstić information content (AvgIpc) is 3.48. The van der Waals surface area contributed by atoms with Crippen LogP contribution in [0.3, 0.4) is 0 Å². The van der Waals surface area contributed by atoms with E-state index in [9.17, 15) is 17.6 Å². The Morgan fingerprint density at radius 3 is 1.95 bits per heavy atom. The Hall–Kier alpha value is -3.35. The van der Waals surface area contributed by atoms with Gasteiger partial charge in [0.15, 0.2) is 0 Å². The largest absolute Gasteiger partial charge is 0.495 e. The number of nitrogens with one attached hydrogen (secondary N) is 3. The van der Waals surface area contributed by atoms with E-state index in [2.05, 4.69) is 35.2 Å². The fraction of sp³-hybridized carbons (Fsp3) is 0.333. The van der Waals surface area contributed by atoms with Crippen molar-refractivity contribution in [1.82, 2.24) is 29.9 Å². The number of aromatic amines is 2. The molecule has 8 nitrogen and oxygen atoms in total. The highest BCUT2D eigenvalue weighted by atomic mass is 35.5. The second kappa shape index (κ2) is 10.7. The SMILES string of the molecule is COc1cc(Cl)c(Cl)cc1Nc1ncnc2[nH]c3c(c12)CC(F)(F)CC3.FC1(F)CCc2[nH]c3ncnc(Cl)c3c2C1. The summed E-state index contributed by atoms with van der Waals surface area (Å²) in [6.07, 6.45) is 2.36. The molecule has 0 spiro atoms. The molecule has 2 aliphatic carbocycles. The van der Waals surface area contributed by atoms with Crippen LogP contribution in [-0.4, -0.2) is 48.9 Å². The van der Waals surface area contributed by atoms with Crippen LogP contribution in [-0.2, 0) is 25.7 Å². The highest BCUT2D eigenvalue weighted by Crippen LogP contribution is 2.41. The first kappa shape index (κ1) is 28.8. The number of rotatable bonds is 3. The monoisotopic (exact) mass is 641 g/mol. The molecular weight excluding hydrogens is 621 g/mol. The van der Waals surface area contributed by atoms with Crippen LogP contribution in [0.5, 0.6) is 5.75 Å². The van der Waals surface area contributed by atoms with E-state index in [-0.39, 0.29) is 37.3 Å². The molecule has 0 atom stereocenters. The van der Waals surface area contributed by atoms with Crippen LogP contribution >= 0.6 is 34.8 Å². The Kier molecular flexibility index (Phi) is 7.35. The van der Waals surface area contributed by atoms with Crippen molar-refractivity contribution in [3.8, 4) is 5.75 Å². The average molecular weight is 643 g/mol. The van der Waals surface area contributed by atoms with E-state index in [4.69, 9.17) is 39.5 Å². The number of anilines is 2. The van der Waals surface area contributed by atoms with Gasteiger partial charge >= 0.3 is 0 Å². The van der Waals surface area contributed by atoms with Gasteiger partial charge in [0.1, 0.15) is 40.7 Å². The number of fused-ring (bicyclic) bond motifs is 6. The number of benzene rings is 1. The minimum Gasteiger partial charge on any atom is -0.495 e. The van der Waals surface area contributed by atoms with Gasteiger partial charge in [-0.3, -0.25) is 0 Å². The molecule has 3 N–H and O–H groups in total. The lowest BCUT2D eigenvalue weighted by molar-refractivity contribution is -0.0127. The maximum absolute atomic E-state index is 13.9. The zero-order valence-corrected chi connectivity index (χ0v) is 24.2. The third-order valence-electron chi connectivity index (χ3n) is 7.37. The summed E-state index contributed by atoms with van der Waals surface area (Å²) < 4.78 is 59.8. The summed E-state index contributed by atoms with van der Waals surface area (Å²) in [6, 6.07) is 3.18. The van der Waals surface area contributed by atoms with Crippen LogP contribution in [0.2, 0.25) is 15.2 Å². The molecule has 2 aliphatic rings. The molecule has 7 rings (SSSR count). The van der Waals surface area contributed by atoms with Crippen LogP contribution in [0.15, 0.2) is 24.8 Å². The molecule has 4 heterocycles. The second-order valence-electron chi connectivity index (χ2n) is 10.2. The van der Waals surface area contributed by atoms with E-state index < -0.39 is 11.8 Å². The maximum Gasteiger partial charge on any atom is 0.252 e. The van der Waals surface area contributed by atoms with Gasteiger partial charge in [-0.15, -0.1) is 0 Å². The van der Waals surface area contributed by atoms with E-state index in [0.29, 0.717) is 66.9 Å². The first-order valence-electron chi connectivity index (χ1n) is 12.8. The van der Waals surface area contributed by atoms with Gasteiger partial charge in [-0.05, 0) is 30.0 Å². The topological polar surface area (TPSA) is 104 Å². The van der Waals surface area contributed by atoms with Gasteiger partial charge in [-0.2, -0.15) is 0 Å². The number of methoxy groups -OCH3 is 1. The minimum atomic E-state index is -2.74. The number of halogens is 7. The van der Waals surface area contributed by atoms with Crippen molar-refractivity contribution in [2.24, 2.45) is 0 Å². The first-order valence-corrected chi connectivity index (χ1v) is 14.0. The Labute approximate surface area is 251 Å². The van der Waals surface area contributed by atoms with E-state index in [1.54, 1.807) is 12.1 Å². The lowest BCUT2D eigenvalue weighted by atomic mass is 9.93. The number of alkyl halides is 4. The van der Waals surface area contributed by atoms with Gasteiger partial charge in [-0.1, -0.05) is 34.8 Å². The van der Waals surface area contributed by atoms with Crippen LogP contribution in [0.4, 0.5) is 29.1 Å². The van der Waals surface area contributed by atoms with E-state index in [0.717, 1.165) is 11.4 Å². The summed E-state index contributed by atoms with van der Waals surface area (Å²) >= 11 is 18.0. The third-order valence-corrected chi connectivity index (χ3v) is 8.38. The highest BCUT2D eigenvalue weighted by Gasteiger charge is 2.38. The van der Waals surface area contributed by atoms with Crippen molar-refractivity contribution in [3.63, 3.8) is 0 Å². The molecule has 0 aliphatic heterocycles. The Morgan fingerprint density at radius 2 is 1.33 bits per heavy atom. The van der Waals surface area contributed by atoms with E-state index >= 15 is 0 Å². The van der Waals surface area contributed by atoms with E-state index in [1.165, 1.54) is 19.8 Å². The first-order chi connectivity index (χ1) is 19.9. The molecule has 0 saturated heterocycles. The van der Waals surface area contributed by atoms with Gasteiger partial charge in [0, 0.05) is 43.1 Å². The second-order valence-corrected chi connectivity index (χ2v) is 11.3. The lowest BCUT2D eigenvalue weighted by Gasteiger charge is -2.22. The summed E-state index contributed by atoms with van der Waals surface area (Å²) in [7, 11) is 1.50. The summed E-state index contributed by atoms with van der Waals surface area (Å²) in [4.78, 5) is 22.4. The predicted octanol–water partition coefficient (Wildman–Crippen LogP) is 7.88. The van der Waals surface area contributed by atoms with Crippen LogP contribution in [0.25, 0.3) is 22.1 Å². The molecule has 0 amide bonds. The Morgan fingerprint density at radius 1 is 0.786 bits per heavy atom. The summed E-state index contributed by atoms with van der Waals surface area (Å²) in [5.41, 5.74) is 4.28. The molecule has 0 bridgehead atoms.